The van der Waals surface area contributed by atoms with E-state index in [1.165, 1.54) is 25.7 Å². The normalized spacial score (nSPS) is 27.3. The van der Waals surface area contributed by atoms with E-state index in [4.69, 9.17) is 11.6 Å². The molecule has 1 aliphatic carbocycles. The highest BCUT2D eigenvalue weighted by Crippen LogP contribution is 2.30. The number of hydrogen-bond acceptors (Lipinski definition) is 1. The standard InChI is InChI=1S/C11H20ClNO/c1-2-11(14)13-8-10-6-4-3-5-9(10)7-12/h9-10H,2-8H2,1H3,(H,13,14). The van der Waals surface area contributed by atoms with Crippen LogP contribution in [0.25, 0.3) is 0 Å². The van der Waals surface area contributed by atoms with Gasteiger partial charge in [-0.15, -0.1) is 11.6 Å². The van der Waals surface area contributed by atoms with Crippen molar-refractivity contribution in [1.29, 1.82) is 0 Å². The second-order valence-electron chi connectivity index (χ2n) is 4.12. The first-order chi connectivity index (χ1) is 6.77. The second-order valence-corrected chi connectivity index (χ2v) is 4.43. The van der Waals surface area contributed by atoms with Crippen molar-refractivity contribution in [3.8, 4) is 0 Å². The minimum absolute atomic E-state index is 0.156. The van der Waals surface area contributed by atoms with E-state index in [0.29, 0.717) is 18.3 Å². The summed E-state index contributed by atoms with van der Waals surface area (Å²) in [6.45, 7) is 2.71. The first-order valence-electron chi connectivity index (χ1n) is 5.60. The van der Waals surface area contributed by atoms with Crippen molar-refractivity contribution in [2.75, 3.05) is 12.4 Å². The van der Waals surface area contributed by atoms with Crippen LogP contribution in [-0.4, -0.2) is 18.3 Å². The molecule has 0 spiro atoms. The Morgan fingerprint density at radius 1 is 1.36 bits per heavy atom. The average molecular weight is 218 g/mol. The van der Waals surface area contributed by atoms with Gasteiger partial charge >= 0.3 is 0 Å². The highest BCUT2D eigenvalue weighted by atomic mass is 35.5. The molecule has 1 aliphatic rings. The maximum atomic E-state index is 11.1. The summed E-state index contributed by atoms with van der Waals surface area (Å²) in [5.41, 5.74) is 0. The quantitative estimate of drug-likeness (QED) is 0.721. The van der Waals surface area contributed by atoms with Crippen LogP contribution in [0, 0.1) is 11.8 Å². The third-order valence-electron chi connectivity index (χ3n) is 3.15. The van der Waals surface area contributed by atoms with E-state index in [1.54, 1.807) is 0 Å². The molecule has 0 saturated heterocycles. The lowest BCUT2D eigenvalue weighted by Crippen LogP contribution is -2.34. The van der Waals surface area contributed by atoms with Gasteiger partial charge in [0.2, 0.25) is 5.91 Å². The van der Waals surface area contributed by atoms with Gasteiger partial charge in [-0.2, -0.15) is 0 Å². The number of carbonyl (C=O) groups is 1. The number of hydrogen-bond donors (Lipinski definition) is 1. The van der Waals surface area contributed by atoms with Crippen LogP contribution in [0.3, 0.4) is 0 Å². The largest absolute Gasteiger partial charge is 0.356 e. The maximum Gasteiger partial charge on any atom is 0.219 e. The molecule has 1 fully saturated rings. The van der Waals surface area contributed by atoms with Crippen molar-refractivity contribution in [3.63, 3.8) is 0 Å². The van der Waals surface area contributed by atoms with E-state index in [1.807, 2.05) is 6.92 Å². The molecule has 2 unspecified atom stereocenters. The molecule has 14 heavy (non-hydrogen) atoms. The van der Waals surface area contributed by atoms with Crippen LogP contribution in [0.4, 0.5) is 0 Å². The van der Waals surface area contributed by atoms with Gasteiger partial charge in [0, 0.05) is 18.8 Å². The molecule has 0 heterocycles. The molecule has 0 bridgehead atoms. The number of carbonyl (C=O) groups excluding carboxylic acids is 1. The molecule has 2 nitrogen and oxygen atoms in total. The summed E-state index contributed by atoms with van der Waals surface area (Å²) in [4.78, 5) is 11.1. The smallest absolute Gasteiger partial charge is 0.219 e. The van der Waals surface area contributed by atoms with E-state index in [2.05, 4.69) is 5.32 Å². The minimum atomic E-state index is 0.156. The van der Waals surface area contributed by atoms with Crippen molar-refractivity contribution >= 4 is 17.5 Å². The lowest BCUT2D eigenvalue weighted by molar-refractivity contribution is -0.121. The fourth-order valence-corrected chi connectivity index (χ4v) is 2.53. The Labute approximate surface area is 91.4 Å². The van der Waals surface area contributed by atoms with E-state index >= 15 is 0 Å². The van der Waals surface area contributed by atoms with Crippen molar-refractivity contribution in [1.82, 2.24) is 5.32 Å². The summed E-state index contributed by atoms with van der Waals surface area (Å²) >= 11 is 5.91. The molecule has 1 amide bonds. The van der Waals surface area contributed by atoms with Crippen LogP contribution < -0.4 is 5.32 Å². The Morgan fingerprint density at radius 2 is 2.00 bits per heavy atom. The van der Waals surface area contributed by atoms with Crippen LogP contribution in [0.5, 0.6) is 0 Å². The summed E-state index contributed by atoms with van der Waals surface area (Å²) in [7, 11) is 0. The zero-order chi connectivity index (χ0) is 10.4. The second kappa shape index (κ2) is 6.28. The SMILES string of the molecule is CCC(=O)NCC1CCCCC1CCl. The summed E-state index contributed by atoms with van der Waals surface area (Å²) < 4.78 is 0. The number of alkyl halides is 1. The van der Waals surface area contributed by atoms with Gasteiger partial charge in [0.1, 0.15) is 0 Å². The third kappa shape index (κ3) is 3.49. The Morgan fingerprint density at radius 3 is 2.57 bits per heavy atom. The van der Waals surface area contributed by atoms with Gasteiger partial charge in [-0.3, -0.25) is 4.79 Å². The summed E-state index contributed by atoms with van der Waals surface area (Å²) in [6.07, 6.45) is 5.63. The third-order valence-corrected chi connectivity index (χ3v) is 3.54. The predicted molar refractivity (Wildman–Crippen MR) is 59.5 cm³/mol. The Balaban J connectivity index is 2.29. The van der Waals surface area contributed by atoms with Crippen LogP contribution in [0.15, 0.2) is 0 Å². The van der Waals surface area contributed by atoms with E-state index in [0.717, 1.165) is 12.4 Å². The molecule has 0 aromatic carbocycles. The first-order valence-corrected chi connectivity index (χ1v) is 6.14. The molecule has 2 atom stereocenters. The predicted octanol–water partition coefficient (Wildman–Crippen LogP) is 2.56. The molecule has 1 saturated carbocycles. The fourth-order valence-electron chi connectivity index (χ4n) is 2.13. The molecule has 0 radical (unpaired) electrons. The molecule has 1 N–H and O–H groups in total. The van der Waals surface area contributed by atoms with Gasteiger partial charge in [0.25, 0.3) is 0 Å². The van der Waals surface area contributed by atoms with Crippen molar-refractivity contribution in [3.05, 3.63) is 0 Å². The summed E-state index contributed by atoms with van der Waals surface area (Å²) in [5, 5.41) is 2.97. The molecule has 0 aromatic rings. The number of nitrogens with one attached hydrogen (secondary N) is 1. The van der Waals surface area contributed by atoms with Gasteiger partial charge in [-0.25, -0.2) is 0 Å². The molecular weight excluding hydrogens is 198 g/mol. The number of rotatable bonds is 4. The minimum Gasteiger partial charge on any atom is -0.356 e. The monoisotopic (exact) mass is 217 g/mol. The average Bonchev–Trinajstić information content (AvgIpc) is 2.26. The van der Waals surface area contributed by atoms with Gasteiger partial charge in [0.15, 0.2) is 0 Å². The van der Waals surface area contributed by atoms with Crippen LogP contribution in [-0.2, 0) is 4.79 Å². The topological polar surface area (TPSA) is 29.1 Å². The Hall–Kier alpha value is -0.240. The molecule has 82 valence electrons. The molecule has 0 aromatic heterocycles. The highest BCUT2D eigenvalue weighted by molar-refractivity contribution is 6.18. The number of amides is 1. The zero-order valence-electron chi connectivity index (χ0n) is 8.89. The van der Waals surface area contributed by atoms with Crippen molar-refractivity contribution in [2.45, 2.75) is 39.0 Å². The van der Waals surface area contributed by atoms with E-state index in [9.17, 15) is 4.79 Å². The van der Waals surface area contributed by atoms with Crippen LogP contribution in [0.2, 0.25) is 0 Å². The molecule has 3 heteroatoms. The fraction of sp³-hybridized carbons (Fsp3) is 0.909. The van der Waals surface area contributed by atoms with E-state index < -0.39 is 0 Å². The van der Waals surface area contributed by atoms with E-state index in [-0.39, 0.29) is 5.91 Å². The van der Waals surface area contributed by atoms with Crippen molar-refractivity contribution in [2.24, 2.45) is 11.8 Å². The van der Waals surface area contributed by atoms with Crippen molar-refractivity contribution < 1.29 is 4.79 Å². The van der Waals surface area contributed by atoms with Gasteiger partial charge in [0.05, 0.1) is 0 Å². The maximum absolute atomic E-state index is 11.1. The summed E-state index contributed by atoms with van der Waals surface area (Å²) in [5.74, 6) is 2.12. The van der Waals surface area contributed by atoms with Gasteiger partial charge in [-0.1, -0.05) is 19.8 Å². The Kier molecular flexibility index (Phi) is 5.31. The first kappa shape index (κ1) is 11.8. The highest BCUT2D eigenvalue weighted by Gasteiger charge is 2.24. The van der Waals surface area contributed by atoms with Crippen LogP contribution in [0.1, 0.15) is 39.0 Å². The molecule has 1 rings (SSSR count). The lowest BCUT2D eigenvalue weighted by Gasteiger charge is -2.30. The number of halogens is 1. The lowest BCUT2D eigenvalue weighted by atomic mass is 9.80. The zero-order valence-corrected chi connectivity index (χ0v) is 9.65. The molecular formula is C11H20ClNO. The molecule has 0 aliphatic heterocycles. The van der Waals surface area contributed by atoms with Crippen LogP contribution >= 0.6 is 11.6 Å². The van der Waals surface area contributed by atoms with Gasteiger partial charge in [-0.05, 0) is 24.7 Å². The van der Waals surface area contributed by atoms with Gasteiger partial charge < -0.3 is 5.32 Å². The Bertz CT molecular complexity index is 184. The summed E-state index contributed by atoms with van der Waals surface area (Å²) in [6, 6.07) is 0.